The zero-order valence-electron chi connectivity index (χ0n) is 15.6. The molecule has 0 bridgehead atoms. The highest BCUT2D eigenvalue weighted by atomic mass is 16.2. The first-order chi connectivity index (χ1) is 13.5. The minimum absolute atomic E-state index is 0.0530. The van der Waals surface area contributed by atoms with Crippen molar-refractivity contribution in [3.05, 3.63) is 23.9 Å². The number of carbonyl (C=O) groups excluding carboxylic acids is 2. The van der Waals surface area contributed by atoms with Crippen LogP contribution in [0.5, 0.6) is 0 Å². The summed E-state index contributed by atoms with van der Waals surface area (Å²) in [7, 11) is 0. The smallest absolute Gasteiger partial charge is 0.241 e. The molecule has 9 nitrogen and oxygen atoms in total. The zero-order valence-corrected chi connectivity index (χ0v) is 15.6. The number of rotatable bonds is 4. The van der Waals surface area contributed by atoms with Crippen LogP contribution >= 0.6 is 0 Å². The second-order valence-electron chi connectivity index (χ2n) is 7.01. The number of anilines is 1. The van der Waals surface area contributed by atoms with Crippen LogP contribution in [0.25, 0.3) is 0 Å². The Morgan fingerprint density at radius 2 is 1.96 bits per heavy atom. The quantitative estimate of drug-likeness (QED) is 0.766. The van der Waals surface area contributed by atoms with Gasteiger partial charge in [0, 0.05) is 38.9 Å². The number of amides is 2. The molecule has 0 spiro atoms. The van der Waals surface area contributed by atoms with E-state index in [9.17, 15) is 9.59 Å². The van der Waals surface area contributed by atoms with Crippen molar-refractivity contribution in [2.24, 2.45) is 5.73 Å². The first kappa shape index (κ1) is 19.6. The summed E-state index contributed by atoms with van der Waals surface area (Å²) < 4.78 is 0. The molecule has 2 unspecified atom stereocenters. The summed E-state index contributed by atoms with van der Waals surface area (Å²) in [6.45, 7) is 2.81. The van der Waals surface area contributed by atoms with Gasteiger partial charge in [-0.2, -0.15) is 10.5 Å². The predicted molar refractivity (Wildman–Crippen MR) is 101 cm³/mol. The largest absolute Gasteiger partial charge is 0.353 e. The summed E-state index contributed by atoms with van der Waals surface area (Å²) in [5.74, 6) is 0.299. The monoisotopic (exact) mass is 381 g/mol. The highest BCUT2D eigenvalue weighted by Crippen LogP contribution is 2.18. The summed E-state index contributed by atoms with van der Waals surface area (Å²) in [5, 5.41) is 18.0. The van der Waals surface area contributed by atoms with Crippen molar-refractivity contribution in [1.29, 1.82) is 10.5 Å². The lowest BCUT2D eigenvalue weighted by atomic mass is 10.1. The molecule has 0 saturated carbocycles. The molecule has 2 aliphatic heterocycles. The van der Waals surface area contributed by atoms with E-state index in [1.54, 1.807) is 17.0 Å². The summed E-state index contributed by atoms with van der Waals surface area (Å²) in [6.07, 6.45) is 2.93. The van der Waals surface area contributed by atoms with Gasteiger partial charge in [0.15, 0.2) is 0 Å². The lowest BCUT2D eigenvalue weighted by Crippen LogP contribution is -2.52. The van der Waals surface area contributed by atoms with Crippen LogP contribution in [-0.2, 0) is 9.59 Å². The Bertz CT molecular complexity index is 803. The molecule has 0 radical (unpaired) electrons. The predicted octanol–water partition coefficient (Wildman–Crippen LogP) is -0.166. The van der Waals surface area contributed by atoms with Crippen LogP contribution < -0.4 is 10.6 Å². The molecule has 0 aromatic carbocycles. The maximum absolute atomic E-state index is 12.5. The average Bonchev–Trinajstić information content (AvgIpc) is 3.22. The van der Waals surface area contributed by atoms with E-state index in [4.69, 9.17) is 16.3 Å². The molecular weight excluding hydrogens is 358 g/mol. The third-order valence-corrected chi connectivity index (χ3v) is 5.23. The first-order valence-corrected chi connectivity index (χ1v) is 9.38. The van der Waals surface area contributed by atoms with Crippen LogP contribution in [0.2, 0.25) is 0 Å². The topological polar surface area (TPSA) is 130 Å². The first-order valence-electron chi connectivity index (χ1n) is 9.38. The molecule has 1 aromatic rings. The van der Waals surface area contributed by atoms with Crippen LogP contribution in [0.1, 0.15) is 24.8 Å². The van der Waals surface area contributed by atoms with Crippen LogP contribution in [0.3, 0.4) is 0 Å². The fraction of sp³-hybridized carbons (Fsp3) is 0.526. The Hall–Kier alpha value is -3.17. The molecule has 2 fully saturated rings. The third-order valence-electron chi connectivity index (χ3n) is 5.23. The second-order valence-corrected chi connectivity index (χ2v) is 7.01. The molecule has 2 amide bonds. The van der Waals surface area contributed by atoms with Crippen LogP contribution in [0, 0.1) is 22.7 Å². The van der Waals surface area contributed by atoms with Gasteiger partial charge < -0.3 is 20.4 Å². The molecule has 0 aliphatic carbocycles. The van der Waals surface area contributed by atoms with E-state index in [1.165, 1.54) is 11.1 Å². The Morgan fingerprint density at radius 3 is 2.57 bits per heavy atom. The summed E-state index contributed by atoms with van der Waals surface area (Å²) in [5.41, 5.74) is 6.48. The van der Waals surface area contributed by atoms with E-state index in [0.29, 0.717) is 44.7 Å². The number of nitrogens with zero attached hydrogens (tertiary/aromatic N) is 6. The normalized spacial score (nSPS) is 20.4. The van der Waals surface area contributed by atoms with Crippen molar-refractivity contribution in [3.8, 4) is 12.1 Å². The lowest BCUT2D eigenvalue weighted by molar-refractivity contribution is -0.138. The molecule has 2 aliphatic rings. The Kier molecular flexibility index (Phi) is 6.07. The second kappa shape index (κ2) is 8.68. The number of nitriles is 2. The Morgan fingerprint density at radius 1 is 1.21 bits per heavy atom. The zero-order chi connectivity index (χ0) is 20.1. The van der Waals surface area contributed by atoms with Gasteiger partial charge in [-0.15, -0.1) is 0 Å². The van der Waals surface area contributed by atoms with Gasteiger partial charge in [0.25, 0.3) is 0 Å². The molecule has 9 heteroatoms. The summed E-state index contributed by atoms with van der Waals surface area (Å²) >= 11 is 0. The average molecular weight is 381 g/mol. The fourth-order valence-electron chi connectivity index (χ4n) is 3.61. The minimum atomic E-state index is -0.917. The minimum Gasteiger partial charge on any atom is -0.353 e. The number of aromatic nitrogens is 1. The number of nitrogens with two attached hydrogens (primary N) is 1. The van der Waals surface area contributed by atoms with Crippen molar-refractivity contribution in [2.45, 2.75) is 31.3 Å². The molecule has 2 atom stereocenters. The number of pyridine rings is 1. The molecule has 2 saturated heterocycles. The van der Waals surface area contributed by atoms with Gasteiger partial charge in [-0.05, 0) is 25.0 Å². The van der Waals surface area contributed by atoms with Crippen molar-refractivity contribution in [3.63, 3.8) is 0 Å². The highest BCUT2D eigenvalue weighted by molar-refractivity contribution is 5.88. The van der Waals surface area contributed by atoms with E-state index >= 15 is 0 Å². The van der Waals surface area contributed by atoms with Gasteiger partial charge in [-0.3, -0.25) is 9.59 Å². The third kappa shape index (κ3) is 4.21. The van der Waals surface area contributed by atoms with Gasteiger partial charge >= 0.3 is 0 Å². The number of carbonyl (C=O) groups is 2. The van der Waals surface area contributed by atoms with E-state index in [1.807, 2.05) is 6.07 Å². The fourth-order valence-corrected chi connectivity index (χ4v) is 3.61. The molecule has 2 N–H and O–H groups in total. The molecule has 3 heterocycles. The number of piperazine rings is 1. The van der Waals surface area contributed by atoms with E-state index in [2.05, 4.69) is 16.0 Å². The van der Waals surface area contributed by atoms with E-state index in [-0.39, 0.29) is 18.2 Å². The van der Waals surface area contributed by atoms with Crippen molar-refractivity contribution < 1.29 is 9.59 Å². The molecule has 28 heavy (non-hydrogen) atoms. The summed E-state index contributed by atoms with van der Waals surface area (Å²) in [4.78, 5) is 34.5. The van der Waals surface area contributed by atoms with Crippen molar-refractivity contribution >= 4 is 17.6 Å². The number of hydrogen-bond acceptors (Lipinski definition) is 7. The van der Waals surface area contributed by atoms with Gasteiger partial charge in [0.2, 0.25) is 11.8 Å². The van der Waals surface area contributed by atoms with Crippen molar-refractivity contribution in [1.82, 2.24) is 14.8 Å². The van der Waals surface area contributed by atoms with Gasteiger partial charge in [-0.1, -0.05) is 0 Å². The number of likely N-dealkylation sites (tertiary alicyclic amines) is 1. The Labute approximate surface area is 163 Å². The highest BCUT2D eigenvalue weighted by Gasteiger charge is 2.33. The maximum atomic E-state index is 12.5. The summed E-state index contributed by atoms with van der Waals surface area (Å²) in [6, 6.07) is 6.32. The molecular formula is C19H23N7O2. The lowest BCUT2D eigenvalue weighted by Gasteiger charge is -2.36. The van der Waals surface area contributed by atoms with Crippen molar-refractivity contribution in [2.75, 3.05) is 37.6 Å². The number of hydrogen-bond donors (Lipinski definition) is 1. The van der Waals surface area contributed by atoms with Gasteiger partial charge in [-0.25, -0.2) is 4.98 Å². The van der Waals surface area contributed by atoms with E-state index in [0.717, 1.165) is 12.2 Å². The van der Waals surface area contributed by atoms with E-state index < -0.39 is 12.1 Å². The van der Waals surface area contributed by atoms with Crippen LogP contribution in [0.4, 0.5) is 5.82 Å². The van der Waals surface area contributed by atoms with Crippen LogP contribution in [-0.4, -0.2) is 71.4 Å². The molecule has 146 valence electrons. The Balaban J connectivity index is 1.50. The standard InChI is InChI=1S/C19H23N7O2/c20-11-14-3-4-17(23-13-14)24-6-8-25(9-7-24)18(27)10-16(22)19(28)26-5-1-2-15(26)12-21/h3-4,13,15-16H,1-2,5-10,22H2. The molecule has 3 rings (SSSR count). The van der Waals surface area contributed by atoms with Crippen LogP contribution in [0.15, 0.2) is 18.3 Å². The maximum Gasteiger partial charge on any atom is 0.241 e. The van der Waals surface area contributed by atoms with Gasteiger partial charge in [0.05, 0.1) is 24.1 Å². The SMILES string of the molecule is N#Cc1ccc(N2CCN(C(=O)CC(N)C(=O)N3CCCC3C#N)CC2)nc1. The van der Waals surface area contributed by atoms with Gasteiger partial charge in [0.1, 0.15) is 17.9 Å². The molecule has 1 aromatic heterocycles.